The van der Waals surface area contributed by atoms with E-state index in [2.05, 4.69) is 20.7 Å². The molecule has 2 aromatic rings. The van der Waals surface area contributed by atoms with Gasteiger partial charge in [-0.2, -0.15) is 0 Å². The van der Waals surface area contributed by atoms with Crippen LogP contribution in [0.25, 0.3) is 0 Å². The van der Waals surface area contributed by atoms with Crippen molar-refractivity contribution in [3.8, 4) is 0 Å². The van der Waals surface area contributed by atoms with Crippen molar-refractivity contribution in [2.45, 2.75) is 25.3 Å². The van der Waals surface area contributed by atoms with E-state index in [1.165, 1.54) is 11.3 Å². The summed E-state index contributed by atoms with van der Waals surface area (Å²) >= 11 is 4.74. The van der Waals surface area contributed by atoms with Gasteiger partial charge < -0.3 is 5.73 Å². The predicted molar refractivity (Wildman–Crippen MR) is 86.6 cm³/mol. The molecule has 0 amide bonds. The Hall–Kier alpha value is -0.890. The molecule has 0 saturated carbocycles. The van der Waals surface area contributed by atoms with Crippen molar-refractivity contribution in [3.05, 3.63) is 44.1 Å². The number of nitrogens with two attached hydrogens (primary N) is 1. The Kier molecular flexibility index (Phi) is 4.53. The lowest BCUT2D eigenvalue weighted by Crippen LogP contribution is -2.15. The number of anilines is 1. The van der Waals surface area contributed by atoms with Gasteiger partial charge in [-0.05, 0) is 58.4 Å². The number of sulfonamides is 1. The Bertz CT molecular complexity index is 716. The Morgan fingerprint density at radius 1 is 1.35 bits per heavy atom. The molecule has 1 aromatic carbocycles. The average molecular weight is 375 g/mol. The first-order valence-corrected chi connectivity index (χ1v) is 9.06. The molecule has 0 aliphatic rings. The highest BCUT2D eigenvalue weighted by Gasteiger charge is 2.21. The molecule has 4 nitrogen and oxygen atoms in total. The molecular formula is C13H15BrN2O2S2. The minimum atomic E-state index is -3.62. The van der Waals surface area contributed by atoms with Crippen molar-refractivity contribution < 1.29 is 8.42 Å². The summed E-state index contributed by atoms with van der Waals surface area (Å²) in [5.74, 6) is 0. The van der Waals surface area contributed by atoms with Crippen LogP contribution >= 0.6 is 27.3 Å². The van der Waals surface area contributed by atoms with Crippen molar-refractivity contribution >= 4 is 43.0 Å². The summed E-state index contributed by atoms with van der Waals surface area (Å²) < 4.78 is 28.3. The van der Waals surface area contributed by atoms with Crippen molar-refractivity contribution in [2.24, 2.45) is 5.73 Å². The third-order valence-electron chi connectivity index (χ3n) is 2.85. The fraction of sp³-hybridized carbons (Fsp3) is 0.231. The number of benzene rings is 1. The normalized spacial score (nSPS) is 11.6. The zero-order valence-electron chi connectivity index (χ0n) is 11.1. The summed E-state index contributed by atoms with van der Waals surface area (Å²) in [6, 6.07) is 5.38. The summed E-state index contributed by atoms with van der Waals surface area (Å²) in [4.78, 5) is 0.898. The molecule has 3 N–H and O–H groups in total. The van der Waals surface area contributed by atoms with Gasteiger partial charge in [-0.15, -0.1) is 11.3 Å². The molecule has 7 heteroatoms. The molecule has 0 fully saturated rings. The average Bonchev–Trinajstić information content (AvgIpc) is 2.83. The Balaban J connectivity index is 2.44. The zero-order valence-corrected chi connectivity index (χ0v) is 14.3. The third-order valence-corrected chi connectivity index (χ3v) is 5.98. The van der Waals surface area contributed by atoms with Gasteiger partial charge in [0.2, 0.25) is 0 Å². The fourth-order valence-corrected chi connectivity index (χ4v) is 5.34. The van der Waals surface area contributed by atoms with Crippen molar-refractivity contribution in [1.29, 1.82) is 0 Å². The Labute approximate surface area is 131 Å². The number of thiophene rings is 1. The van der Waals surface area contributed by atoms with E-state index >= 15 is 0 Å². The van der Waals surface area contributed by atoms with Crippen LogP contribution in [0.4, 0.5) is 5.69 Å². The van der Waals surface area contributed by atoms with Crippen molar-refractivity contribution in [3.63, 3.8) is 0 Å². The van der Waals surface area contributed by atoms with Crippen LogP contribution in [-0.2, 0) is 16.6 Å². The highest BCUT2D eigenvalue weighted by atomic mass is 79.9. The first-order chi connectivity index (χ1) is 9.35. The van der Waals surface area contributed by atoms with Crippen LogP contribution in [0.2, 0.25) is 0 Å². The smallest absolute Gasteiger partial charge is 0.263 e. The van der Waals surface area contributed by atoms with Crippen LogP contribution in [0.15, 0.2) is 32.9 Å². The van der Waals surface area contributed by atoms with E-state index in [1.54, 1.807) is 11.4 Å². The molecule has 0 spiro atoms. The van der Waals surface area contributed by atoms with Gasteiger partial charge in [-0.3, -0.25) is 4.72 Å². The molecular weight excluding hydrogens is 360 g/mol. The van der Waals surface area contributed by atoms with Gasteiger partial charge in [0.1, 0.15) is 4.90 Å². The van der Waals surface area contributed by atoms with Gasteiger partial charge in [0, 0.05) is 15.9 Å². The Morgan fingerprint density at radius 2 is 2.05 bits per heavy atom. The van der Waals surface area contributed by atoms with E-state index in [0.717, 1.165) is 15.6 Å². The van der Waals surface area contributed by atoms with Crippen LogP contribution in [-0.4, -0.2) is 8.42 Å². The second-order valence-corrected chi connectivity index (χ2v) is 7.96. The van der Waals surface area contributed by atoms with Gasteiger partial charge >= 0.3 is 0 Å². The number of nitrogens with one attached hydrogen (secondary N) is 1. The summed E-state index contributed by atoms with van der Waals surface area (Å²) in [6.45, 7) is 4.04. The van der Waals surface area contributed by atoms with E-state index in [0.29, 0.717) is 10.6 Å². The first kappa shape index (κ1) is 15.5. The molecule has 0 aliphatic carbocycles. The van der Waals surface area contributed by atoms with E-state index < -0.39 is 10.0 Å². The minimum absolute atomic E-state index is 0.210. The van der Waals surface area contributed by atoms with E-state index in [4.69, 9.17) is 5.73 Å². The Morgan fingerprint density at radius 3 is 2.65 bits per heavy atom. The summed E-state index contributed by atoms with van der Waals surface area (Å²) in [5.41, 5.74) is 8.06. The molecule has 108 valence electrons. The zero-order chi connectivity index (χ0) is 14.9. The van der Waals surface area contributed by atoms with Gasteiger partial charge in [-0.25, -0.2) is 8.42 Å². The monoisotopic (exact) mass is 374 g/mol. The van der Waals surface area contributed by atoms with Crippen molar-refractivity contribution in [1.82, 2.24) is 0 Å². The molecule has 1 aromatic heterocycles. The summed E-state index contributed by atoms with van der Waals surface area (Å²) in [5, 5.41) is 1.73. The number of hydrogen-bond acceptors (Lipinski definition) is 4. The van der Waals surface area contributed by atoms with Gasteiger partial charge in [0.25, 0.3) is 10.0 Å². The molecule has 0 saturated heterocycles. The standard InChI is InChI=1S/C13H15BrN2O2S2/c1-8-5-9(2)13(10(14)6-8)16-20(17,18)12-3-4-19-11(12)7-15/h3-6,16H,7,15H2,1-2H3. The maximum Gasteiger partial charge on any atom is 0.263 e. The quantitative estimate of drug-likeness (QED) is 0.861. The van der Waals surface area contributed by atoms with Crippen LogP contribution in [0, 0.1) is 13.8 Å². The number of halogens is 1. The van der Waals surface area contributed by atoms with E-state index in [9.17, 15) is 8.42 Å². The molecule has 1 heterocycles. The fourth-order valence-electron chi connectivity index (χ4n) is 1.95. The highest BCUT2D eigenvalue weighted by molar-refractivity contribution is 9.10. The molecule has 0 radical (unpaired) electrons. The second kappa shape index (κ2) is 5.85. The topological polar surface area (TPSA) is 72.2 Å². The van der Waals surface area contributed by atoms with E-state index in [-0.39, 0.29) is 11.4 Å². The molecule has 0 bridgehead atoms. The summed E-state index contributed by atoms with van der Waals surface area (Å²) in [7, 11) is -3.62. The van der Waals surface area contributed by atoms with Crippen LogP contribution < -0.4 is 10.5 Å². The lowest BCUT2D eigenvalue weighted by atomic mass is 10.1. The van der Waals surface area contributed by atoms with Gasteiger partial charge in [-0.1, -0.05) is 6.07 Å². The second-order valence-electron chi connectivity index (χ2n) is 4.46. The third kappa shape index (κ3) is 3.06. The number of hydrogen-bond donors (Lipinski definition) is 2. The first-order valence-electron chi connectivity index (χ1n) is 5.91. The molecule has 20 heavy (non-hydrogen) atoms. The van der Waals surface area contributed by atoms with Crippen LogP contribution in [0.3, 0.4) is 0 Å². The van der Waals surface area contributed by atoms with Crippen LogP contribution in [0.1, 0.15) is 16.0 Å². The van der Waals surface area contributed by atoms with Crippen molar-refractivity contribution in [2.75, 3.05) is 4.72 Å². The number of aryl methyl sites for hydroxylation is 2. The molecule has 2 rings (SSSR count). The number of rotatable bonds is 4. The SMILES string of the molecule is Cc1cc(C)c(NS(=O)(=O)c2ccsc2CN)c(Br)c1. The lowest BCUT2D eigenvalue weighted by Gasteiger charge is -2.13. The van der Waals surface area contributed by atoms with Crippen LogP contribution in [0.5, 0.6) is 0 Å². The largest absolute Gasteiger partial charge is 0.326 e. The highest BCUT2D eigenvalue weighted by Crippen LogP contribution is 2.31. The molecule has 0 unspecified atom stereocenters. The maximum absolute atomic E-state index is 12.5. The van der Waals surface area contributed by atoms with Gasteiger partial charge in [0.15, 0.2) is 0 Å². The lowest BCUT2D eigenvalue weighted by molar-refractivity contribution is 0.600. The maximum atomic E-state index is 12.5. The predicted octanol–water partition coefficient (Wildman–Crippen LogP) is 3.39. The molecule has 0 aliphatic heterocycles. The minimum Gasteiger partial charge on any atom is -0.326 e. The van der Waals surface area contributed by atoms with E-state index in [1.807, 2.05) is 26.0 Å². The molecule has 0 atom stereocenters. The summed E-state index contributed by atoms with van der Waals surface area (Å²) in [6.07, 6.45) is 0. The van der Waals surface area contributed by atoms with Gasteiger partial charge in [0.05, 0.1) is 5.69 Å².